The van der Waals surface area contributed by atoms with Gasteiger partial charge in [0.1, 0.15) is 17.0 Å². The molecule has 2 aliphatic rings. The van der Waals surface area contributed by atoms with Crippen LogP contribution in [0.5, 0.6) is 0 Å². The number of carbonyl (C=O) groups excluding carboxylic acids is 2. The molecule has 1 amide bonds. The molecule has 1 aromatic carbocycles. The summed E-state index contributed by atoms with van der Waals surface area (Å²) in [6.45, 7) is 5.27. The zero-order chi connectivity index (χ0) is 20.9. The van der Waals surface area contributed by atoms with E-state index in [1.807, 2.05) is 0 Å². The van der Waals surface area contributed by atoms with Crippen LogP contribution < -0.4 is 0 Å². The molecule has 0 N–H and O–H groups in total. The highest BCUT2D eigenvalue weighted by molar-refractivity contribution is 5.99. The van der Waals surface area contributed by atoms with E-state index in [2.05, 4.69) is 0 Å². The molecule has 2 fully saturated rings. The van der Waals surface area contributed by atoms with Gasteiger partial charge in [-0.2, -0.15) is 13.2 Å². The van der Waals surface area contributed by atoms with Crippen LogP contribution in [-0.4, -0.2) is 34.5 Å². The molecule has 2 atom stereocenters. The Morgan fingerprint density at radius 1 is 1.07 bits per heavy atom. The second-order valence-corrected chi connectivity index (χ2v) is 8.47. The van der Waals surface area contributed by atoms with Gasteiger partial charge in [-0.25, -0.2) is 9.18 Å². The Morgan fingerprint density at radius 3 is 2.14 bits per heavy atom. The van der Waals surface area contributed by atoms with E-state index in [0.29, 0.717) is 18.9 Å². The molecular weight excluding hydrogens is 378 g/mol. The van der Waals surface area contributed by atoms with Crippen LogP contribution in [0.15, 0.2) is 18.2 Å². The number of amides is 1. The molecule has 0 aromatic heterocycles. The lowest BCUT2D eigenvalue weighted by molar-refractivity contribution is -0.140. The number of hydrogen-bond acceptors (Lipinski definition) is 3. The van der Waals surface area contributed by atoms with Crippen LogP contribution in [0.1, 0.15) is 62.4 Å². The predicted octanol–water partition coefficient (Wildman–Crippen LogP) is 5.21. The van der Waals surface area contributed by atoms with Crippen LogP contribution in [0.3, 0.4) is 0 Å². The molecule has 2 unspecified atom stereocenters. The van der Waals surface area contributed by atoms with Gasteiger partial charge in [0, 0.05) is 23.6 Å². The molecule has 2 heterocycles. The minimum absolute atomic E-state index is 0.252. The van der Waals surface area contributed by atoms with Crippen molar-refractivity contribution in [3.05, 3.63) is 35.1 Å². The predicted molar refractivity (Wildman–Crippen MR) is 93.3 cm³/mol. The van der Waals surface area contributed by atoms with Gasteiger partial charge in [0.15, 0.2) is 5.78 Å². The molecule has 0 spiro atoms. The van der Waals surface area contributed by atoms with Gasteiger partial charge in [-0.1, -0.05) is 12.1 Å². The van der Waals surface area contributed by atoms with Crippen molar-refractivity contribution in [1.82, 2.24) is 4.90 Å². The zero-order valence-corrected chi connectivity index (χ0v) is 16.0. The fourth-order valence-electron chi connectivity index (χ4n) is 4.24. The van der Waals surface area contributed by atoms with Gasteiger partial charge in [-0.05, 0) is 52.5 Å². The summed E-state index contributed by atoms with van der Waals surface area (Å²) in [6, 6.07) is 2.32. The van der Waals surface area contributed by atoms with Crippen molar-refractivity contribution >= 4 is 11.9 Å². The molecule has 4 nitrogen and oxygen atoms in total. The fraction of sp³-hybridized carbons (Fsp3) is 0.600. The van der Waals surface area contributed by atoms with Crippen LogP contribution in [-0.2, 0) is 10.9 Å². The van der Waals surface area contributed by atoms with E-state index < -0.39 is 46.5 Å². The first kappa shape index (κ1) is 20.6. The maximum Gasteiger partial charge on any atom is 0.419 e. The monoisotopic (exact) mass is 401 g/mol. The van der Waals surface area contributed by atoms with E-state index in [0.717, 1.165) is 12.1 Å². The van der Waals surface area contributed by atoms with Crippen LogP contribution in [0.25, 0.3) is 0 Å². The highest BCUT2D eigenvalue weighted by Crippen LogP contribution is 2.42. The highest BCUT2D eigenvalue weighted by atomic mass is 19.4. The zero-order valence-electron chi connectivity index (χ0n) is 16.0. The van der Waals surface area contributed by atoms with Gasteiger partial charge in [0.05, 0.1) is 0 Å². The second-order valence-electron chi connectivity index (χ2n) is 8.47. The number of ketones is 1. The third kappa shape index (κ3) is 4.00. The Balaban J connectivity index is 1.81. The summed E-state index contributed by atoms with van der Waals surface area (Å²) in [4.78, 5) is 26.9. The lowest BCUT2D eigenvalue weighted by Crippen LogP contribution is -2.49. The molecule has 2 saturated heterocycles. The number of carbonyl (C=O) groups is 2. The van der Waals surface area contributed by atoms with Crippen molar-refractivity contribution in [2.24, 2.45) is 5.92 Å². The van der Waals surface area contributed by atoms with Crippen LogP contribution in [0, 0.1) is 11.7 Å². The number of hydrogen-bond donors (Lipinski definition) is 0. The van der Waals surface area contributed by atoms with Crippen LogP contribution in [0.4, 0.5) is 22.4 Å². The van der Waals surface area contributed by atoms with Crippen molar-refractivity contribution in [3.8, 4) is 0 Å². The lowest BCUT2D eigenvalue weighted by atomic mass is 9.83. The summed E-state index contributed by atoms with van der Waals surface area (Å²) >= 11 is 0. The normalized spacial score (nSPS) is 25.0. The van der Waals surface area contributed by atoms with Crippen molar-refractivity contribution in [2.75, 3.05) is 0 Å². The molecule has 0 aliphatic carbocycles. The molecule has 2 bridgehead atoms. The Kier molecular flexibility index (Phi) is 5.18. The molecule has 0 saturated carbocycles. The molecule has 1 aromatic rings. The summed E-state index contributed by atoms with van der Waals surface area (Å²) in [5.74, 6) is -2.85. The van der Waals surface area contributed by atoms with E-state index in [9.17, 15) is 27.2 Å². The van der Waals surface area contributed by atoms with Crippen molar-refractivity contribution in [2.45, 2.75) is 70.3 Å². The largest absolute Gasteiger partial charge is 0.444 e. The Bertz CT molecular complexity index is 771. The molecular formula is C20H23F4NO3. The maximum absolute atomic E-state index is 13.8. The molecule has 2 aliphatic heterocycles. The Hall–Kier alpha value is -2.12. The third-order valence-corrected chi connectivity index (χ3v) is 5.27. The summed E-state index contributed by atoms with van der Waals surface area (Å²) in [6.07, 6.45) is -3.57. The minimum atomic E-state index is -4.95. The summed E-state index contributed by atoms with van der Waals surface area (Å²) < 4.78 is 59.0. The van der Waals surface area contributed by atoms with Gasteiger partial charge < -0.3 is 9.64 Å². The number of piperidine rings is 1. The molecule has 28 heavy (non-hydrogen) atoms. The van der Waals surface area contributed by atoms with Crippen LogP contribution in [0.2, 0.25) is 0 Å². The quantitative estimate of drug-likeness (QED) is 0.505. The maximum atomic E-state index is 13.8. The second kappa shape index (κ2) is 7.04. The number of rotatable bonds is 2. The molecule has 3 rings (SSSR count). The standard InChI is InChI=1S/C20H23F4NO3/c1-19(2,3)28-18(27)25-12-7-8-13(25)10-11(9-12)17(26)14-5-4-6-15(21)16(14)20(22,23)24/h4-6,11-13H,7-10H2,1-3H3. The number of fused-ring (bicyclic) bond motifs is 2. The number of ether oxygens (including phenoxy) is 1. The van der Waals surface area contributed by atoms with E-state index in [1.54, 1.807) is 25.7 Å². The topological polar surface area (TPSA) is 46.6 Å². The molecule has 8 heteroatoms. The van der Waals surface area contributed by atoms with Gasteiger partial charge in [0.2, 0.25) is 0 Å². The SMILES string of the molecule is CC(C)(C)OC(=O)N1C2CCC1CC(C(=O)c1cccc(F)c1C(F)(F)F)C2. The van der Waals surface area contributed by atoms with Crippen molar-refractivity contribution < 1.29 is 31.9 Å². The minimum Gasteiger partial charge on any atom is -0.444 e. The summed E-state index contributed by atoms with van der Waals surface area (Å²) in [5.41, 5.74) is -2.81. The number of benzene rings is 1. The molecule has 154 valence electrons. The average Bonchev–Trinajstić information content (AvgIpc) is 2.81. The average molecular weight is 401 g/mol. The number of Topliss-reactive ketones (excluding diaryl/α,β-unsaturated/α-hetero) is 1. The van der Waals surface area contributed by atoms with Gasteiger partial charge >= 0.3 is 12.3 Å². The number of halogens is 4. The van der Waals surface area contributed by atoms with Gasteiger partial charge in [-0.3, -0.25) is 4.79 Å². The summed E-state index contributed by atoms with van der Waals surface area (Å²) in [5, 5.41) is 0. The van der Waals surface area contributed by atoms with Crippen LogP contribution >= 0.6 is 0 Å². The summed E-state index contributed by atoms with van der Waals surface area (Å²) in [7, 11) is 0. The number of alkyl halides is 3. The Morgan fingerprint density at radius 2 is 1.64 bits per heavy atom. The number of nitrogens with zero attached hydrogens (tertiary/aromatic N) is 1. The van der Waals surface area contributed by atoms with Crippen molar-refractivity contribution in [1.29, 1.82) is 0 Å². The first-order valence-corrected chi connectivity index (χ1v) is 9.29. The van der Waals surface area contributed by atoms with E-state index in [1.165, 1.54) is 0 Å². The van der Waals surface area contributed by atoms with E-state index in [4.69, 9.17) is 4.74 Å². The van der Waals surface area contributed by atoms with Gasteiger partial charge in [0.25, 0.3) is 0 Å². The van der Waals surface area contributed by atoms with Gasteiger partial charge in [-0.15, -0.1) is 0 Å². The van der Waals surface area contributed by atoms with E-state index in [-0.39, 0.29) is 24.9 Å². The molecule has 0 radical (unpaired) electrons. The Labute approximate surface area is 160 Å². The third-order valence-electron chi connectivity index (χ3n) is 5.27. The van der Waals surface area contributed by atoms with Crippen molar-refractivity contribution in [3.63, 3.8) is 0 Å². The van der Waals surface area contributed by atoms with E-state index >= 15 is 0 Å². The smallest absolute Gasteiger partial charge is 0.419 e. The lowest BCUT2D eigenvalue weighted by Gasteiger charge is -2.39. The highest BCUT2D eigenvalue weighted by Gasteiger charge is 2.48. The first-order valence-electron chi connectivity index (χ1n) is 9.29. The fourth-order valence-corrected chi connectivity index (χ4v) is 4.24. The first-order chi connectivity index (χ1) is 12.9.